The summed E-state index contributed by atoms with van der Waals surface area (Å²) < 4.78 is 24.4. The molecule has 1 heterocycles. The van der Waals surface area contributed by atoms with Gasteiger partial charge in [-0.05, 0) is 11.6 Å². The summed E-state index contributed by atoms with van der Waals surface area (Å²) in [5, 5.41) is 0. The second kappa shape index (κ2) is 3.12. The molecule has 0 atom stereocenters. The lowest BCUT2D eigenvalue weighted by Gasteiger charge is -2.04. The maximum atomic E-state index is 11.5. The Labute approximate surface area is 79.0 Å². The highest BCUT2D eigenvalue weighted by Gasteiger charge is 2.30. The smallest absolute Gasteiger partial charge is 0.207 e. The molecule has 0 amide bonds. The van der Waals surface area contributed by atoms with Gasteiger partial charge in [-0.2, -0.15) is 4.31 Å². The number of benzene rings is 1. The summed E-state index contributed by atoms with van der Waals surface area (Å²) in [7, 11) is -1.56. The van der Waals surface area contributed by atoms with Crippen LogP contribution in [0.2, 0.25) is 0 Å². The van der Waals surface area contributed by atoms with Crippen molar-refractivity contribution in [2.24, 2.45) is 0 Å². The SMILES string of the molecule is C.CN1Cc2ccccc2S1(=O)=O. The van der Waals surface area contributed by atoms with Crippen LogP contribution < -0.4 is 0 Å². The Kier molecular flexibility index (Phi) is 2.45. The van der Waals surface area contributed by atoms with E-state index in [0.717, 1.165) is 5.56 Å². The van der Waals surface area contributed by atoms with Crippen molar-refractivity contribution in [1.29, 1.82) is 0 Å². The summed E-state index contributed by atoms with van der Waals surface area (Å²) in [6.45, 7) is 0.499. The van der Waals surface area contributed by atoms with Gasteiger partial charge in [-0.15, -0.1) is 0 Å². The molecule has 0 radical (unpaired) electrons. The summed E-state index contributed by atoms with van der Waals surface area (Å²) in [5.74, 6) is 0. The zero-order chi connectivity index (χ0) is 8.77. The van der Waals surface area contributed by atoms with E-state index < -0.39 is 10.0 Å². The third-order valence-corrected chi connectivity index (χ3v) is 3.96. The number of sulfonamides is 1. The van der Waals surface area contributed by atoms with Crippen molar-refractivity contribution >= 4 is 10.0 Å². The van der Waals surface area contributed by atoms with Crippen LogP contribution in [0.3, 0.4) is 0 Å². The van der Waals surface area contributed by atoms with Crippen LogP contribution in [0, 0.1) is 0 Å². The maximum absolute atomic E-state index is 11.5. The average molecular weight is 199 g/mol. The number of rotatable bonds is 0. The molecule has 1 aliphatic rings. The van der Waals surface area contributed by atoms with E-state index >= 15 is 0 Å². The molecule has 0 fully saturated rings. The zero-order valence-electron chi connectivity index (χ0n) is 6.69. The summed E-state index contributed by atoms with van der Waals surface area (Å²) >= 11 is 0. The summed E-state index contributed by atoms with van der Waals surface area (Å²) in [6, 6.07) is 7.09. The van der Waals surface area contributed by atoms with Gasteiger partial charge in [-0.3, -0.25) is 0 Å². The van der Waals surface area contributed by atoms with Gasteiger partial charge in [0.15, 0.2) is 0 Å². The fraction of sp³-hybridized carbons (Fsp3) is 0.333. The van der Waals surface area contributed by atoms with Gasteiger partial charge >= 0.3 is 0 Å². The van der Waals surface area contributed by atoms with E-state index in [2.05, 4.69) is 0 Å². The first-order valence-corrected chi connectivity index (χ1v) is 5.10. The Morgan fingerprint density at radius 3 is 2.54 bits per heavy atom. The summed E-state index contributed by atoms with van der Waals surface area (Å²) in [5.41, 5.74) is 0.889. The van der Waals surface area contributed by atoms with Crippen LogP contribution in [0.15, 0.2) is 29.2 Å². The van der Waals surface area contributed by atoms with E-state index in [1.807, 2.05) is 12.1 Å². The Morgan fingerprint density at radius 2 is 1.92 bits per heavy atom. The molecule has 1 aliphatic heterocycles. The van der Waals surface area contributed by atoms with Gasteiger partial charge in [0.1, 0.15) is 0 Å². The number of hydrogen-bond acceptors (Lipinski definition) is 2. The van der Waals surface area contributed by atoms with Gasteiger partial charge in [0, 0.05) is 13.6 Å². The van der Waals surface area contributed by atoms with E-state index in [1.165, 1.54) is 4.31 Å². The minimum Gasteiger partial charge on any atom is -0.207 e. The van der Waals surface area contributed by atoms with E-state index in [1.54, 1.807) is 19.2 Å². The van der Waals surface area contributed by atoms with Crippen LogP contribution in [0.5, 0.6) is 0 Å². The quantitative estimate of drug-likeness (QED) is 0.634. The monoisotopic (exact) mass is 199 g/mol. The molecule has 0 aliphatic carbocycles. The number of hydrogen-bond donors (Lipinski definition) is 0. The third-order valence-electron chi connectivity index (χ3n) is 2.05. The molecular formula is C9H13NO2S. The lowest BCUT2D eigenvalue weighted by Crippen LogP contribution is -2.18. The molecule has 0 saturated heterocycles. The molecule has 0 saturated carbocycles. The molecule has 0 aromatic heterocycles. The van der Waals surface area contributed by atoms with Crippen molar-refractivity contribution in [3.05, 3.63) is 29.8 Å². The molecule has 4 heteroatoms. The molecule has 2 rings (SSSR count). The number of fused-ring (bicyclic) bond motifs is 1. The van der Waals surface area contributed by atoms with Crippen LogP contribution in [0.4, 0.5) is 0 Å². The summed E-state index contributed by atoms with van der Waals surface area (Å²) in [6.07, 6.45) is 0. The highest BCUT2D eigenvalue weighted by molar-refractivity contribution is 7.89. The first-order chi connectivity index (χ1) is 5.62. The summed E-state index contributed by atoms with van der Waals surface area (Å²) in [4.78, 5) is 0.451. The first kappa shape index (κ1) is 10.2. The second-order valence-electron chi connectivity index (χ2n) is 2.87. The van der Waals surface area contributed by atoms with Crippen molar-refractivity contribution < 1.29 is 8.42 Å². The van der Waals surface area contributed by atoms with Gasteiger partial charge < -0.3 is 0 Å². The van der Waals surface area contributed by atoms with E-state index in [-0.39, 0.29) is 7.43 Å². The molecule has 0 spiro atoms. The molecule has 0 bridgehead atoms. The Hall–Kier alpha value is -0.870. The minimum atomic E-state index is -3.15. The largest absolute Gasteiger partial charge is 0.243 e. The van der Waals surface area contributed by atoms with Crippen LogP contribution in [0.1, 0.15) is 13.0 Å². The molecule has 0 N–H and O–H groups in total. The van der Waals surface area contributed by atoms with Gasteiger partial charge in [-0.1, -0.05) is 25.6 Å². The minimum absolute atomic E-state index is 0. The average Bonchev–Trinajstić information content (AvgIpc) is 2.25. The van der Waals surface area contributed by atoms with Gasteiger partial charge in [-0.25, -0.2) is 8.42 Å². The first-order valence-electron chi connectivity index (χ1n) is 3.66. The van der Waals surface area contributed by atoms with Crippen LogP contribution in [0.25, 0.3) is 0 Å². The van der Waals surface area contributed by atoms with E-state index in [4.69, 9.17) is 0 Å². The highest BCUT2D eigenvalue weighted by Crippen LogP contribution is 2.27. The van der Waals surface area contributed by atoms with E-state index in [9.17, 15) is 8.42 Å². The molecule has 3 nitrogen and oxygen atoms in total. The number of nitrogens with zero attached hydrogens (tertiary/aromatic N) is 1. The standard InChI is InChI=1S/C8H9NO2S.CH4/c1-9-6-7-4-2-3-5-8(7)12(9,10)11;/h2-5H,6H2,1H3;1H4. The second-order valence-corrected chi connectivity index (χ2v) is 4.88. The lowest BCUT2D eigenvalue weighted by atomic mass is 10.2. The molecule has 72 valence electrons. The molecule has 0 unspecified atom stereocenters. The molecular weight excluding hydrogens is 186 g/mol. The van der Waals surface area contributed by atoms with Crippen molar-refractivity contribution in [2.45, 2.75) is 18.9 Å². The molecule has 1 aromatic carbocycles. The Balaban J connectivity index is 0.000000845. The van der Waals surface area contributed by atoms with Gasteiger partial charge in [0.2, 0.25) is 10.0 Å². The van der Waals surface area contributed by atoms with Crippen molar-refractivity contribution in [3.63, 3.8) is 0 Å². The van der Waals surface area contributed by atoms with Crippen LogP contribution >= 0.6 is 0 Å². The van der Waals surface area contributed by atoms with Crippen molar-refractivity contribution in [3.8, 4) is 0 Å². The fourth-order valence-electron chi connectivity index (χ4n) is 1.38. The highest BCUT2D eigenvalue weighted by atomic mass is 32.2. The predicted molar refractivity (Wildman–Crippen MR) is 51.8 cm³/mol. The lowest BCUT2D eigenvalue weighted by molar-refractivity contribution is 0.488. The maximum Gasteiger partial charge on any atom is 0.243 e. The third kappa shape index (κ3) is 1.36. The topological polar surface area (TPSA) is 37.4 Å². The van der Waals surface area contributed by atoms with E-state index in [0.29, 0.717) is 11.4 Å². The van der Waals surface area contributed by atoms with Crippen molar-refractivity contribution in [1.82, 2.24) is 4.31 Å². The van der Waals surface area contributed by atoms with Crippen LogP contribution in [-0.2, 0) is 16.6 Å². The predicted octanol–water partition coefficient (Wildman–Crippen LogP) is 1.46. The normalized spacial score (nSPS) is 19.2. The Bertz CT molecular complexity index is 411. The molecule has 1 aromatic rings. The fourth-order valence-corrected chi connectivity index (χ4v) is 2.74. The van der Waals surface area contributed by atoms with Crippen molar-refractivity contribution in [2.75, 3.05) is 7.05 Å². The molecule has 13 heavy (non-hydrogen) atoms. The van der Waals surface area contributed by atoms with Crippen LogP contribution in [-0.4, -0.2) is 19.8 Å². The zero-order valence-corrected chi connectivity index (χ0v) is 7.50. The van der Waals surface area contributed by atoms with Gasteiger partial charge in [0.05, 0.1) is 4.90 Å². The Morgan fingerprint density at radius 1 is 1.31 bits per heavy atom. The van der Waals surface area contributed by atoms with Gasteiger partial charge in [0.25, 0.3) is 0 Å².